The lowest BCUT2D eigenvalue weighted by molar-refractivity contribution is 0.0734. The molecule has 0 amide bonds. The highest BCUT2D eigenvalue weighted by molar-refractivity contribution is 7.90. The predicted octanol–water partition coefficient (Wildman–Crippen LogP) is 4.27. The number of benzene rings is 2. The van der Waals surface area contributed by atoms with Gasteiger partial charge in [-0.05, 0) is 30.3 Å². The minimum Gasteiger partial charge on any atom is -0.420 e. The van der Waals surface area contributed by atoms with Gasteiger partial charge >= 0.3 is 5.97 Å². The first kappa shape index (κ1) is 17.1. The van der Waals surface area contributed by atoms with Crippen molar-refractivity contribution in [3.8, 4) is 5.75 Å². The van der Waals surface area contributed by atoms with Crippen molar-refractivity contribution in [2.75, 3.05) is 6.26 Å². The highest BCUT2D eigenvalue weighted by atomic mass is 35.5. The first-order valence-electron chi connectivity index (χ1n) is 5.85. The van der Waals surface area contributed by atoms with Crippen LogP contribution in [0.3, 0.4) is 0 Å². The largest absolute Gasteiger partial charge is 0.420 e. The average molecular weight is 380 g/mol. The van der Waals surface area contributed by atoms with Gasteiger partial charge in [-0.15, -0.1) is 0 Å². The van der Waals surface area contributed by atoms with Crippen molar-refractivity contribution in [2.45, 2.75) is 4.90 Å². The fraction of sp³-hybridized carbons (Fsp3) is 0.0714. The molecule has 0 heterocycles. The number of halogens is 3. The Hall–Kier alpha value is -1.27. The molecule has 0 saturated heterocycles. The minimum atomic E-state index is -3.43. The molecule has 0 bridgehead atoms. The third kappa shape index (κ3) is 3.93. The molecule has 2 aromatic rings. The first-order chi connectivity index (χ1) is 10.2. The zero-order valence-corrected chi connectivity index (χ0v) is 14.2. The molecule has 0 aliphatic heterocycles. The van der Waals surface area contributed by atoms with Gasteiger partial charge in [-0.1, -0.05) is 40.9 Å². The summed E-state index contributed by atoms with van der Waals surface area (Å²) in [6, 6.07) is 8.23. The van der Waals surface area contributed by atoms with E-state index in [0.717, 1.165) is 6.26 Å². The molecule has 22 heavy (non-hydrogen) atoms. The van der Waals surface area contributed by atoms with Crippen molar-refractivity contribution in [2.24, 2.45) is 0 Å². The lowest BCUT2D eigenvalue weighted by Gasteiger charge is -2.09. The van der Waals surface area contributed by atoms with Gasteiger partial charge < -0.3 is 4.74 Å². The van der Waals surface area contributed by atoms with E-state index in [-0.39, 0.29) is 26.3 Å². The van der Waals surface area contributed by atoms with Gasteiger partial charge in [-0.2, -0.15) is 0 Å². The standard InChI is InChI=1S/C14H9Cl3O4S/c1-22(19,20)10-4-2-3-8(5-10)14(18)21-13-11(16)6-9(15)7-12(13)17/h2-7H,1H3. The third-order valence-corrected chi connectivity index (χ3v) is 4.55. The van der Waals surface area contributed by atoms with E-state index in [2.05, 4.69) is 0 Å². The predicted molar refractivity (Wildman–Crippen MR) is 86.0 cm³/mol. The van der Waals surface area contributed by atoms with Gasteiger partial charge in [0, 0.05) is 11.3 Å². The van der Waals surface area contributed by atoms with Crippen molar-refractivity contribution in [1.29, 1.82) is 0 Å². The molecule has 0 saturated carbocycles. The molecule has 0 radical (unpaired) electrons. The summed E-state index contributed by atoms with van der Waals surface area (Å²) in [5.41, 5.74) is 0.0602. The molecule has 2 rings (SSSR count). The molecular weight excluding hydrogens is 371 g/mol. The van der Waals surface area contributed by atoms with Gasteiger partial charge in [0.15, 0.2) is 15.6 Å². The SMILES string of the molecule is CS(=O)(=O)c1cccc(C(=O)Oc2c(Cl)cc(Cl)cc2Cl)c1. The Balaban J connectivity index is 2.35. The van der Waals surface area contributed by atoms with Crippen LogP contribution >= 0.6 is 34.8 Å². The quantitative estimate of drug-likeness (QED) is 0.590. The van der Waals surface area contributed by atoms with Crippen LogP contribution in [0.5, 0.6) is 5.75 Å². The van der Waals surface area contributed by atoms with E-state index in [4.69, 9.17) is 39.5 Å². The summed E-state index contributed by atoms with van der Waals surface area (Å²) in [6.45, 7) is 0. The molecule has 0 aliphatic carbocycles. The molecule has 0 unspecified atom stereocenters. The summed E-state index contributed by atoms with van der Waals surface area (Å²) in [5.74, 6) is -0.820. The molecule has 0 atom stereocenters. The second-order valence-corrected chi connectivity index (χ2v) is 7.65. The second kappa shape index (κ2) is 6.46. The van der Waals surface area contributed by atoms with Crippen LogP contribution in [0.15, 0.2) is 41.3 Å². The van der Waals surface area contributed by atoms with Crippen molar-refractivity contribution in [1.82, 2.24) is 0 Å². The van der Waals surface area contributed by atoms with Crippen LogP contribution in [0, 0.1) is 0 Å². The number of esters is 1. The summed E-state index contributed by atoms with van der Waals surface area (Å²) in [6.07, 6.45) is 1.05. The summed E-state index contributed by atoms with van der Waals surface area (Å²) in [4.78, 5) is 12.1. The van der Waals surface area contributed by atoms with E-state index >= 15 is 0 Å². The maximum absolute atomic E-state index is 12.1. The Kier molecular flexibility index (Phi) is 5.02. The number of hydrogen-bond donors (Lipinski definition) is 0. The van der Waals surface area contributed by atoms with E-state index in [1.54, 1.807) is 0 Å². The molecule has 2 aromatic carbocycles. The molecule has 4 nitrogen and oxygen atoms in total. The zero-order valence-electron chi connectivity index (χ0n) is 11.1. The number of ether oxygens (including phenoxy) is 1. The van der Waals surface area contributed by atoms with E-state index in [1.165, 1.54) is 36.4 Å². The smallest absolute Gasteiger partial charge is 0.343 e. The lowest BCUT2D eigenvalue weighted by atomic mass is 10.2. The molecular formula is C14H9Cl3O4S. The van der Waals surface area contributed by atoms with E-state index in [0.29, 0.717) is 5.02 Å². The number of carbonyl (C=O) groups is 1. The number of sulfone groups is 1. The molecule has 8 heteroatoms. The number of hydrogen-bond acceptors (Lipinski definition) is 4. The van der Waals surface area contributed by atoms with Gasteiger partial charge in [0.2, 0.25) is 0 Å². The Morgan fingerprint density at radius 2 is 1.64 bits per heavy atom. The van der Waals surface area contributed by atoms with Crippen LogP contribution in [-0.2, 0) is 9.84 Å². The highest BCUT2D eigenvalue weighted by Gasteiger charge is 2.17. The van der Waals surface area contributed by atoms with Crippen molar-refractivity contribution in [3.05, 3.63) is 57.0 Å². The van der Waals surface area contributed by atoms with Crippen LogP contribution in [0.2, 0.25) is 15.1 Å². The summed E-state index contributed by atoms with van der Waals surface area (Å²) in [7, 11) is -3.43. The minimum absolute atomic E-state index is 0.00949. The molecule has 116 valence electrons. The van der Waals surface area contributed by atoms with Crippen molar-refractivity contribution < 1.29 is 17.9 Å². The molecule has 0 fully saturated rings. The van der Waals surface area contributed by atoms with Crippen molar-refractivity contribution >= 4 is 50.6 Å². The molecule has 0 N–H and O–H groups in total. The van der Waals surface area contributed by atoms with E-state index < -0.39 is 15.8 Å². The number of carbonyl (C=O) groups excluding carboxylic acids is 1. The summed E-state index contributed by atoms with van der Waals surface area (Å²) < 4.78 is 28.1. The highest BCUT2D eigenvalue weighted by Crippen LogP contribution is 2.36. The summed E-state index contributed by atoms with van der Waals surface area (Å²) >= 11 is 17.6. The maximum Gasteiger partial charge on any atom is 0.343 e. The third-order valence-electron chi connectivity index (χ3n) is 2.66. The van der Waals surface area contributed by atoms with Crippen molar-refractivity contribution in [3.63, 3.8) is 0 Å². The molecule has 0 spiro atoms. The topological polar surface area (TPSA) is 60.4 Å². The fourth-order valence-electron chi connectivity index (χ4n) is 1.63. The van der Waals surface area contributed by atoms with Gasteiger partial charge in [-0.3, -0.25) is 0 Å². The molecule has 0 aromatic heterocycles. The Labute approximate surface area is 142 Å². The van der Waals surface area contributed by atoms with Gasteiger partial charge in [0.1, 0.15) is 0 Å². The van der Waals surface area contributed by atoms with Gasteiger partial charge in [0.25, 0.3) is 0 Å². The van der Waals surface area contributed by atoms with Gasteiger partial charge in [0.05, 0.1) is 20.5 Å². The van der Waals surface area contributed by atoms with Crippen LogP contribution in [0.25, 0.3) is 0 Å². The monoisotopic (exact) mass is 378 g/mol. The van der Waals surface area contributed by atoms with Crippen LogP contribution in [0.4, 0.5) is 0 Å². The van der Waals surface area contributed by atoms with Crippen LogP contribution in [0.1, 0.15) is 10.4 Å². The van der Waals surface area contributed by atoms with Gasteiger partial charge in [-0.25, -0.2) is 13.2 Å². The lowest BCUT2D eigenvalue weighted by Crippen LogP contribution is -2.10. The van der Waals surface area contributed by atoms with Crippen LogP contribution < -0.4 is 4.74 Å². The Morgan fingerprint density at radius 1 is 1.05 bits per heavy atom. The second-order valence-electron chi connectivity index (χ2n) is 4.39. The van der Waals surface area contributed by atoms with Crippen LogP contribution in [-0.4, -0.2) is 20.6 Å². The average Bonchev–Trinajstić information content (AvgIpc) is 2.41. The first-order valence-corrected chi connectivity index (χ1v) is 8.88. The summed E-state index contributed by atoms with van der Waals surface area (Å²) in [5, 5.41) is 0.448. The fourth-order valence-corrected chi connectivity index (χ4v) is 3.19. The normalized spacial score (nSPS) is 11.3. The van der Waals surface area contributed by atoms with E-state index in [1.807, 2.05) is 0 Å². The van der Waals surface area contributed by atoms with E-state index in [9.17, 15) is 13.2 Å². The maximum atomic E-state index is 12.1. The zero-order chi connectivity index (χ0) is 16.5. The Bertz CT molecular complexity index is 824. The Morgan fingerprint density at radius 3 is 2.18 bits per heavy atom. The number of rotatable bonds is 3. The molecule has 0 aliphatic rings.